The Morgan fingerprint density at radius 2 is 2.21 bits per heavy atom. The zero-order valence-corrected chi connectivity index (χ0v) is 11.9. The number of nitrogens with zero attached hydrogens (tertiary/aromatic N) is 2. The Bertz CT molecular complexity index is 539. The largest absolute Gasteiger partial charge is 0.496 e. The molecule has 1 aromatic carbocycles. The quantitative estimate of drug-likeness (QED) is 0.826. The highest BCUT2D eigenvalue weighted by molar-refractivity contribution is 6.30. The number of halogens is 1. The van der Waals surface area contributed by atoms with E-state index in [4.69, 9.17) is 16.3 Å². The van der Waals surface area contributed by atoms with Crippen LogP contribution >= 0.6 is 11.6 Å². The van der Waals surface area contributed by atoms with E-state index in [-0.39, 0.29) is 0 Å². The van der Waals surface area contributed by atoms with Gasteiger partial charge in [0.2, 0.25) is 0 Å². The molecular formula is C14H18ClN3O. The minimum absolute atomic E-state index is 0.724. The molecule has 102 valence electrons. The molecule has 0 aliphatic rings. The molecule has 0 saturated heterocycles. The van der Waals surface area contributed by atoms with Crippen molar-refractivity contribution in [3.8, 4) is 5.75 Å². The second kappa shape index (κ2) is 6.59. The third-order valence-electron chi connectivity index (χ3n) is 2.88. The second-order valence-corrected chi connectivity index (χ2v) is 4.80. The molecule has 5 heteroatoms. The Morgan fingerprint density at radius 3 is 2.89 bits per heavy atom. The minimum atomic E-state index is 0.724. The number of ether oxygens (including phenoxy) is 1. The first-order chi connectivity index (χ1) is 9.19. The van der Waals surface area contributed by atoms with Gasteiger partial charge in [-0.25, -0.2) is 0 Å². The summed E-state index contributed by atoms with van der Waals surface area (Å²) >= 11 is 5.99. The SMILES string of the molecule is COc1ccc(Cl)cc1CNCCc1ccn(C)n1. The molecule has 19 heavy (non-hydrogen) atoms. The number of hydrogen-bond acceptors (Lipinski definition) is 3. The van der Waals surface area contributed by atoms with Crippen LogP contribution in [0.15, 0.2) is 30.5 Å². The van der Waals surface area contributed by atoms with E-state index in [1.54, 1.807) is 7.11 Å². The van der Waals surface area contributed by atoms with Crippen molar-refractivity contribution in [1.82, 2.24) is 15.1 Å². The van der Waals surface area contributed by atoms with Crippen molar-refractivity contribution in [1.29, 1.82) is 0 Å². The minimum Gasteiger partial charge on any atom is -0.496 e. The Hall–Kier alpha value is -1.52. The first-order valence-corrected chi connectivity index (χ1v) is 6.58. The molecule has 0 bridgehead atoms. The molecule has 1 N–H and O–H groups in total. The third kappa shape index (κ3) is 3.98. The number of aryl methyl sites for hydroxylation is 1. The molecule has 1 heterocycles. The highest BCUT2D eigenvalue weighted by Crippen LogP contribution is 2.22. The summed E-state index contributed by atoms with van der Waals surface area (Å²) in [5.41, 5.74) is 2.16. The van der Waals surface area contributed by atoms with Gasteiger partial charge in [-0.1, -0.05) is 11.6 Å². The van der Waals surface area contributed by atoms with Crippen LogP contribution in [-0.2, 0) is 20.0 Å². The van der Waals surface area contributed by atoms with Crippen LogP contribution in [0.4, 0.5) is 0 Å². The van der Waals surface area contributed by atoms with Crippen LogP contribution in [0.1, 0.15) is 11.3 Å². The van der Waals surface area contributed by atoms with E-state index in [1.165, 1.54) is 0 Å². The first-order valence-electron chi connectivity index (χ1n) is 6.20. The summed E-state index contributed by atoms with van der Waals surface area (Å²) in [4.78, 5) is 0. The van der Waals surface area contributed by atoms with Crippen molar-refractivity contribution in [2.75, 3.05) is 13.7 Å². The van der Waals surface area contributed by atoms with Gasteiger partial charge in [0.1, 0.15) is 5.75 Å². The van der Waals surface area contributed by atoms with Crippen LogP contribution < -0.4 is 10.1 Å². The zero-order valence-electron chi connectivity index (χ0n) is 11.2. The zero-order chi connectivity index (χ0) is 13.7. The fraction of sp³-hybridized carbons (Fsp3) is 0.357. The average Bonchev–Trinajstić information content (AvgIpc) is 2.81. The predicted molar refractivity (Wildman–Crippen MR) is 76.6 cm³/mol. The molecule has 0 unspecified atom stereocenters. The van der Waals surface area contributed by atoms with Crippen molar-refractivity contribution in [3.63, 3.8) is 0 Å². The molecule has 0 aliphatic carbocycles. The summed E-state index contributed by atoms with van der Waals surface area (Å²) in [6, 6.07) is 7.67. The molecule has 1 aromatic heterocycles. The van der Waals surface area contributed by atoms with E-state index in [9.17, 15) is 0 Å². The summed E-state index contributed by atoms with van der Waals surface area (Å²) in [6.45, 7) is 1.60. The van der Waals surface area contributed by atoms with E-state index in [0.717, 1.165) is 41.5 Å². The summed E-state index contributed by atoms with van der Waals surface area (Å²) in [5.74, 6) is 0.856. The summed E-state index contributed by atoms with van der Waals surface area (Å²) < 4.78 is 7.12. The van der Waals surface area contributed by atoms with Crippen LogP contribution in [-0.4, -0.2) is 23.4 Å². The highest BCUT2D eigenvalue weighted by Gasteiger charge is 2.03. The van der Waals surface area contributed by atoms with Gasteiger partial charge in [0, 0.05) is 43.3 Å². The Labute approximate surface area is 118 Å². The molecule has 2 rings (SSSR count). The van der Waals surface area contributed by atoms with Gasteiger partial charge < -0.3 is 10.1 Å². The fourth-order valence-corrected chi connectivity index (χ4v) is 2.12. The average molecular weight is 280 g/mol. The van der Waals surface area contributed by atoms with E-state index >= 15 is 0 Å². The Morgan fingerprint density at radius 1 is 1.37 bits per heavy atom. The van der Waals surface area contributed by atoms with Crippen molar-refractivity contribution in [2.24, 2.45) is 7.05 Å². The van der Waals surface area contributed by atoms with E-state index in [1.807, 2.05) is 42.2 Å². The van der Waals surface area contributed by atoms with Gasteiger partial charge >= 0.3 is 0 Å². The first kappa shape index (κ1) is 13.9. The van der Waals surface area contributed by atoms with E-state index in [0.29, 0.717) is 0 Å². The van der Waals surface area contributed by atoms with E-state index < -0.39 is 0 Å². The lowest BCUT2D eigenvalue weighted by molar-refractivity contribution is 0.408. The number of aromatic nitrogens is 2. The Balaban J connectivity index is 1.83. The number of methoxy groups -OCH3 is 1. The van der Waals surface area contributed by atoms with E-state index in [2.05, 4.69) is 10.4 Å². The standard InChI is InChI=1S/C14H18ClN3O/c1-18-8-6-13(17-18)5-7-16-10-11-9-12(15)3-4-14(11)19-2/h3-4,6,8-9,16H,5,7,10H2,1-2H3. The number of rotatable bonds is 6. The van der Waals surface area contributed by atoms with Gasteiger partial charge in [0.25, 0.3) is 0 Å². The lowest BCUT2D eigenvalue weighted by Gasteiger charge is -2.09. The van der Waals surface area contributed by atoms with Crippen LogP contribution in [0.5, 0.6) is 5.75 Å². The van der Waals surface area contributed by atoms with Gasteiger partial charge in [0.15, 0.2) is 0 Å². The molecule has 0 saturated carbocycles. The van der Waals surface area contributed by atoms with Crippen LogP contribution in [0.3, 0.4) is 0 Å². The maximum absolute atomic E-state index is 5.99. The van der Waals surface area contributed by atoms with Gasteiger partial charge in [0.05, 0.1) is 12.8 Å². The second-order valence-electron chi connectivity index (χ2n) is 4.36. The number of nitrogens with one attached hydrogen (secondary N) is 1. The third-order valence-corrected chi connectivity index (χ3v) is 3.12. The van der Waals surface area contributed by atoms with Crippen molar-refractivity contribution in [3.05, 3.63) is 46.7 Å². The van der Waals surface area contributed by atoms with Gasteiger partial charge in [-0.2, -0.15) is 5.10 Å². The molecule has 0 aliphatic heterocycles. The van der Waals surface area contributed by atoms with Gasteiger partial charge in [-0.05, 0) is 24.3 Å². The van der Waals surface area contributed by atoms with Gasteiger partial charge in [-0.3, -0.25) is 4.68 Å². The molecule has 0 spiro atoms. The molecule has 0 amide bonds. The topological polar surface area (TPSA) is 39.1 Å². The van der Waals surface area contributed by atoms with Crippen molar-refractivity contribution < 1.29 is 4.74 Å². The Kier molecular flexibility index (Phi) is 4.82. The lowest BCUT2D eigenvalue weighted by Crippen LogP contribution is -2.17. The van der Waals surface area contributed by atoms with Crippen molar-refractivity contribution in [2.45, 2.75) is 13.0 Å². The molecule has 0 atom stereocenters. The normalized spacial score (nSPS) is 10.7. The molecule has 4 nitrogen and oxygen atoms in total. The monoisotopic (exact) mass is 279 g/mol. The predicted octanol–water partition coefficient (Wildman–Crippen LogP) is 2.41. The lowest BCUT2D eigenvalue weighted by atomic mass is 10.2. The fourth-order valence-electron chi connectivity index (χ4n) is 1.92. The molecule has 2 aromatic rings. The van der Waals surface area contributed by atoms with Gasteiger partial charge in [-0.15, -0.1) is 0 Å². The summed E-state index contributed by atoms with van der Waals surface area (Å²) in [7, 11) is 3.59. The molecule has 0 radical (unpaired) electrons. The van der Waals surface area contributed by atoms with Crippen molar-refractivity contribution >= 4 is 11.6 Å². The maximum atomic E-state index is 5.99. The smallest absolute Gasteiger partial charge is 0.123 e. The summed E-state index contributed by atoms with van der Waals surface area (Å²) in [5, 5.41) is 8.43. The highest BCUT2D eigenvalue weighted by atomic mass is 35.5. The van der Waals surface area contributed by atoms with Crippen LogP contribution in [0.25, 0.3) is 0 Å². The number of benzene rings is 1. The van der Waals surface area contributed by atoms with Crippen LogP contribution in [0, 0.1) is 0 Å². The molecule has 0 fully saturated rings. The maximum Gasteiger partial charge on any atom is 0.123 e. The number of hydrogen-bond donors (Lipinski definition) is 1. The van der Waals surface area contributed by atoms with Crippen LogP contribution in [0.2, 0.25) is 5.02 Å². The summed E-state index contributed by atoms with van der Waals surface area (Å²) in [6.07, 6.45) is 2.86. The molecular weight excluding hydrogens is 262 g/mol.